The van der Waals surface area contributed by atoms with Crippen molar-refractivity contribution in [2.75, 3.05) is 45.9 Å². The van der Waals surface area contributed by atoms with Crippen molar-refractivity contribution in [3.05, 3.63) is 70.9 Å². The number of aryl methyl sites for hydroxylation is 2. The van der Waals surface area contributed by atoms with E-state index in [4.69, 9.17) is 9.47 Å². The van der Waals surface area contributed by atoms with Crippen molar-refractivity contribution in [2.45, 2.75) is 58.5 Å². The number of ether oxygens (including phenoxy) is 2. The number of nitrogens with one attached hydrogen (secondary N) is 1. The van der Waals surface area contributed by atoms with Gasteiger partial charge >= 0.3 is 12.1 Å². The number of nitrogens with zero attached hydrogens (tertiary/aromatic N) is 4. The Morgan fingerprint density at radius 2 is 1.65 bits per heavy atom. The number of hydrogen-bond donors (Lipinski definition) is 2. The zero-order valence-corrected chi connectivity index (χ0v) is 28.1. The van der Waals surface area contributed by atoms with Gasteiger partial charge in [-0.2, -0.15) is 0 Å². The molecular formula is C36H43N5O8. The summed E-state index contributed by atoms with van der Waals surface area (Å²) in [6, 6.07) is 13.7. The molecular weight excluding hydrogens is 630 g/mol. The molecule has 2 saturated heterocycles. The molecule has 0 spiro atoms. The number of hydrogen-bond acceptors (Lipinski definition) is 8. The van der Waals surface area contributed by atoms with Gasteiger partial charge in [0, 0.05) is 50.6 Å². The summed E-state index contributed by atoms with van der Waals surface area (Å²) in [5, 5.41) is 12.6. The first-order chi connectivity index (χ1) is 23.5. The van der Waals surface area contributed by atoms with Gasteiger partial charge in [0.25, 0.3) is 11.8 Å². The van der Waals surface area contributed by atoms with Crippen LogP contribution in [0.15, 0.2) is 48.5 Å². The third kappa shape index (κ3) is 8.64. The molecule has 2 aliphatic rings. The van der Waals surface area contributed by atoms with Crippen molar-refractivity contribution in [2.24, 2.45) is 0 Å². The summed E-state index contributed by atoms with van der Waals surface area (Å²) in [6.45, 7) is 7.32. The first-order valence-corrected chi connectivity index (χ1v) is 16.7. The maximum absolute atomic E-state index is 13.6. The summed E-state index contributed by atoms with van der Waals surface area (Å²) in [7, 11) is 0. The van der Waals surface area contributed by atoms with Gasteiger partial charge in [0.05, 0.1) is 18.2 Å². The number of amides is 4. The Kier molecular flexibility index (Phi) is 11.3. The van der Waals surface area contributed by atoms with Gasteiger partial charge in [0.15, 0.2) is 6.61 Å². The van der Waals surface area contributed by atoms with Crippen molar-refractivity contribution in [1.82, 2.24) is 25.0 Å². The van der Waals surface area contributed by atoms with Gasteiger partial charge in [-0.3, -0.25) is 19.2 Å². The highest BCUT2D eigenvalue weighted by Crippen LogP contribution is 2.33. The molecule has 2 aliphatic heterocycles. The van der Waals surface area contributed by atoms with E-state index < -0.39 is 29.9 Å². The molecule has 0 bridgehead atoms. The number of carbonyl (C=O) groups is 5. The zero-order valence-electron chi connectivity index (χ0n) is 28.1. The van der Waals surface area contributed by atoms with Crippen LogP contribution in [0.5, 0.6) is 5.75 Å². The molecule has 4 amide bonds. The number of rotatable bonds is 11. The number of pyridine rings is 1. The van der Waals surface area contributed by atoms with Gasteiger partial charge < -0.3 is 34.6 Å². The quantitative estimate of drug-likeness (QED) is 0.308. The normalized spacial score (nSPS) is 16.7. The standard InChI is InChI=1S/C36H43N5O8/c1-4-48-36(47)40-16-14-39(15-17-40)35(46)28(11-12-33(43)44)38-34(45)29-21-31(26-8-5-6-9-27(26)37-29)49-22-32(42)41-13-7-10-30(41)25-19-23(2)18-24(3)20-25/h5-6,8-9,18-21,28,30H,4,7,10-17,22H2,1-3H3,(H,38,45)(H,43,44)/t28?,30-/m0/s1. The summed E-state index contributed by atoms with van der Waals surface area (Å²) in [4.78, 5) is 73.5. The van der Waals surface area contributed by atoms with Crippen molar-refractivity contribution in [3.63, 3.8) is 0 Å². The van der Waals surface area contributed by atoms with Gasteiger partial charge in [-0.25, -0.2) is 9.78 Å². The Labute approximate surface area is 285 Å². The highest BCUT2D eigenvalue weighted by Gasteiger charge is 2.32. The van der Waals surface area contributed by atoms with Crippen molar-refractivity contribution >= 4 is 40.7 Å². The maximum atomic E-state index is 13.6. The predicted octanol–water partition coefficient (Wildman–Crippen LogP) is 3.86. The molecule has 2 aromatic carbocycles. The Bertz CT molecular complexity index is 1700. The van der Waals surface area contributed by atoms with Gasteiger partial charge in [0.2, 0.25) is 5.91 Å². The number of carbonyl (C=O) groups excluding carboxylic acids is 4. The van der Waals surface area contributed by atoms with E-state index in [9.17, 15) is 29.1 Å². The minimum atomic E-state index is -1.14. The largest absolute Gasteiger partial charge is 0.483 e. The number of likely N-dealkylation sites (tertiary alicyclic amines) is 1. The van der Waals surface area contributed by atoms with E-state index in [0.29, 0.717) is 17.4 Å². The summed E-state index contributed by atoms with van der Waals surface area (Å²) in [6.07, 6.45) is 0.796. The van der Waals surface area contributed by atoms with E-state index >= 15 is 0 Å². The first-order valence-electron chi connectivity index (χ1n) is 16.7. The molecule has 3 heterocycles. The van der Waals surface area contributed by atoms with Gasteiger partial charge in [-0.1, -0.05) is 41.5 Å². The fourth-order valence-electron chi connectivity index (χ4n) is 6.52. The van der Waals surface area contributed by atoms with E-state index in [0.717, 1.165) is 29.5 Å². The average Bonchev–Trinajstić information content (AvgIpc) is 3.58. The molecule has 1 aromatic heterocycles. The summed E-state index contributed by atoms with van der Waals surface area (Å²) in [5.41, 5.74) is 3.79. The molecule has 5 rings (SSSR count). The Hall–Kier alpha value is -5.20. The van der Waals surface area contributed by atoms with Crippen LogP contribution >= 0.6 is 0 Å². The molecule has 3 aromatic rings. The molecule has 13 heteroatoms. The monoisotopic (exact) mass is 673 g/mol. The van der Waals surface area contributed by atoms with E-state index in [-0.39, 0.29) is 75.6 Å². The number of carboxylic acids is 1. The molecule has 2 fully saturated rings. The van der Waals surface area contributed by atoms with Crippen LogP contribution in [0.2, 0.25) is 0 Å². The highest BCUT2D eigenvalue weighted by molar-refractivity contribution is 5.99. The first kappa shape index (κ1) is 35.1. The maximum Gasteiger partial charge on any atom is 0.409 e. The number of benzene rings is 2. The molecule has 0 radical (unpaired) electrons. The predicted molar refractivity (Wildman–Crippen MR) is 180 cm³/mol. The molecule has 0 saturated carbocycles. The molecule has 2 N–H and O–H groups in total. The van der Waals surface area contributed by atoms with Gasteiger partial charge in [-0.05, 0) is 57.7 Å². The lowest BCUT2D eigenvalue weighted by Gasteiger charge is -2.35. The van der Waals surface area contributed by atoms with Crippen LogP contribution in [0, 0.1) is 13.8 Å². The number of aromatic nitrogens is 1. The second kappa shape index (κ2) is 15.8. The molecule has 49 heavy (non-hydrogen) atoms. The van der Waals surface area contributed by atoms with Crippen molar-refractivity contribution in [3.8, 4) is 5.75 Å². The third-order valence-electron chi connectivity index (χ3n) is 8.83. The summed E-state index contributed by atoms with van der Waals surface area (Å²) < 4.78 is 11.1. The van der Waals surface area contributed by atoms with Crippen LogP contribution in [-0.4, -0.2) is 107 Å². The molecule has 260 valence electrons. The Balaban J connectivity index is 1.30. The van der Waals surface area contributed by atoms with Crippen LogP contribution in [0.3, 0.4) is 0 Å². The summed E-state index contributed by atoms with van der Waals surface area (Å²) >= 11 is 0. The summed E-state index contributed by atoms with van der Waals surface area (Å²) in [5.74, 6) is -2.14. The van der Waals surface area contributed by atoms with Crippen molar-refractivity contribution < 1.29 is 38.6 Å². The lowest BCUT2D eigenvalue weighted by atomic mass is 9.99. The van der Waals surface area contributed by atoms with E-state index in [2.05, 4.69) is 28.5 Å². The number of aliphatic carboxylic acids is 1. The average molecular weight is 674 g/mol. The van der Waals surface area contributed by atoms with E-state index in [1.807, 2.05) is 18.7 Å². The Morgan fingerprint density at radius 3 is 2.35 bits per heavy atom. The second-order valence-corrected chi connectivity index (χ2v) is 12.4. The van der Waals surface area contributed by atoms with Crippen LogP contribution in [-0.2, 0) is 19.1 Å². The van der Waals surface area contributed by atoms with Gasteiger partial charge in [0.1, 0.15) is 17.5 Å². The van der Waals surface area contributed by atoms with Crippen LogP contribution < -0.4 is 10.1 Å². The topological polar surface area (TPSA) is 159 Å². The number of piperazine rings is 1. The van der Waals surface area contributed by atoms with Crippen LogP contribution in [0.4, 0.5) is 4.79 Å². The van der Waals surface area contributed by atoms with Crippen molar-refractivity contribution in [1.29, 1.82) is 0 Å². The zero-order chi connectivity index (χ0) is 35.1. The fourth-order valence-corrected chi connectivity index (χ4v) is 6.52. The van der Waals surface area contributed by atoms with E-state index in [1.165, 1.54) is 15.9 Å². The second-order valence-electron chi connectivity index (χ2n) is 12.4. The SMILES string of the molecule is CCOC(=O)N1CCN(C(=O)C(CCC(=O)O)NC(=O)c2cc(OCC(=O)N3CCC[C@H]3c3cc(C)cc(C)c3)c3ccccc3n2)CC1. The molecule has 1 unspecified atom stereocenters. The Morgan fingerprint density at radius 1 is 0.959 bits per heavy atom. The lowest BCUT2D eigenvalue weighted by Crippen LogP contribution is -2.56. The lowest BCUT2D eigenvalue weighted by molar-refractivity contribution is -0.138. The minimum Gasteiger partial charge on any atom is -0.483 e. The number of fused-ring (bicyclic) bond motifs is 1. The number of carboxylic acid groups (broad SMARTS) is 1. The minimum absolute atomic E-state index is 0.0429. The molecule has 0 aliphatic carbocycles. The molecule has 2 atom stereocenters. The highest BCUT2D eigenvalue weighted by atomic mass is 16.6. The van der Waals surface area contributed by atoms with Gasteiger partial charge in [-0.15, -0.1) is 0 Å². The molecule has 13 nitrogen and oxygen atoms in total. The van der Waals surface area contributed by atoms with E-state index in [1.54, 1.807) is 31.2 Å². The smallest absolute Gasteiger partial charge is 0.409 e. The fraction of sp³-hybridized carbons (Fsp3) is 0.444. The van der Waals surface area contributed by atoms with Crippen LogP contribution in [0.1, 0.15) is 65.8 Å². The van der Waals surface area contributed by atoms with Crippen LogP contribution in [0.25, 0.3) is 10.9 Å². The number of para-hydroxylation sites is 1. The third-order valence-corrected chi connectivity index (χ3v) is 8.83.